The fourth-order valence-electron chi connectivity index (χ4n) is 2.96. The fourth-order valence-corrected chi connectivity index (χ4v) is 2.96. The van der Waals surface area contributed by atoms with Crippen LogP contribution in [-0.2, 0) is 11.3 Å². The molecule has 158 valence electrons. The topological polar surface area (TPSA) is 127 Å². The summed E-state index contributed by atoms with van der Waals surface area (Å²) in [5.41, 5.74) is 1.99. The van der Waals surface area contributed by atoms with Crippen LogP contribution in [0.15, 0.2) is 71.6 Å². The smallest absolute Gasteiger partial charge is 0.274 e. The maximum Gasteiger partial charge on any atom is 0.274 e. The molecule has 0 saturated carbocycles. The van der Waals surface area contributed by atoms with Gasteiger partial charge in [0.1, 0.15) is 17.9 Å². The van der Waals surface area contributed by atoms with Crippen LogP contribution >= 0.6 is 0 Å². The number of para-hydroxylation sites is 1. The van der Waals surface area contributed by atoms with E-state index in [1.54, 1.807) is 35.3 Å². The number of nitrogens with one attached hydrogen (secondary N) is 2. The summed E-state index contributed by atoms with van der Waals surface area (Å²) in [5.74, 6) is -0.135. The average Bonchev–Trinajstić information content (AvgIpc) is 3.53. The third-order valence-electron chi connectivity index (χ3n) is 4.35. The molecule has 3 N–H and O–H groups in total. The van der Waals surface area contributed by atoms with Gasteiger partial charge >= 0.3 is 0 Å². The summed E-state index contributed by atoms with van der Waals surface area (Å²) in [7, 11) is 0. The van der Waals surface area contributed by atoms with Gasteiger partial charge in [0, 0.05) is 18.8 Å². The van der Waals surface area contributed by atoms with Gasteiger partial charge in [0.2, 0.25) is 5.91 Å². The Kier molecular flexibility index (Phi) is 5.90. The van der Waals surface area contributed by atoms with Crippen molar-refractivity contribution in [2.24, 2.45) is 0 Å². The molecule has 0 unspecified atom stereocenters. The number of carbonyl (C=O) groups excluding carboxylic acids is 2. The normalized spacial score (nSPS) is 10.7. The number of rotatable bonds is 8. The van der Waals surface area contributed by atoms with Crippen molar-refractivity contribution < 1.29 is 19.1 Å². The first kappa shape index (κ1) is 20.1. The zero-order valence-electron chi connectivity index (χ0n) is 16.4. The van der Waals surface area contributed by atoms with Crippen LogP contribution in [0.5, 0.6) is 0 Å². The van der Waals surface area contributed by atoms with Crippen LogP contribution in [0.2, 0.25) is 0 Å². The number of aliphatic hydroxyl groups excluding tert-OH is 1. The maximum atomic E-state index is 13.0. The van der Waals surface area contributed by atoms with Crippen LogP contribution in [0.4, 0.5) is 5.69 Å². The van der Waals surface area contributed by atoms with E-state index >= 15 is 0 Å². The van der Waals surface area contributed by atoms with Gasteiger partial charge < -0.3 is 20.2 Å². The lowest BCUT2D eigenvalue weighted by molar-refractivity contribution is -0.122. The fraction of sp³-hybridized carbons (Fsp3) is 0.143. The van der Waals surface area contributed by atoms with E-state index in [0.29, 0.717) is 22.8 Å². The molecule has 0 spiro atoms. The molecule has 0 atom stereocenters. The van der Waals surface area contributed by atoms with Gasteiger partial charge in [-0.25, -0.2) is 4.68 Å². The molecule has 0 aliphatic carbocycles. The number of hydrogen-bond acceptors (Lipinski definition) is 6. The average molecular weight is 420 g/mol. The van der Waals surface area contributed by atoms with E-state index in [2.05, 4.69) is 20.8 Å². The maximum absolute atomic E-state index is 13.0. The van der Waals surface area contributed by atoms with Gasteiger partial charge in [-0.1, -0.05) is 18.2 Å². The number of nitrogens with zero attached hydrogens (tertiary/aromatic N) is 4. The number of amides is 2. The van der Waals surface area contributed by atoms with Crippen molar-refractivity contribution >= 4 is 17.5 Å². The first-order chi connectivity index (χ1) is 15.1. The highest BCUT2D eigenvalue weighted by Crippen LogP contribution is 2.23. The molecule has 3 heterocycles. The number of furan rings is 1. The van der Waals surface area contributed by atoms with Gasteiger partial charge in [0.25, 0.3) is 5.91 Å². The zero-order chi connectivity index (χ0) is 21.6. The Hall–Kier alpha value is -4.18. The van der Waals surface area contributed by atoms with Crippen LogP contribution in [0.25, 0.3) is 17.1 Å². The molecule has 0 fully saturated rings. The highest BCUT2D eigenvalue weighted by molar-refractivity contribution is 6.04. The van der Waals surface area contributed by atoms with Crippen molar-refractivity contribution in [2.75, 3.05) is 18.5 Å². The lowest BCUT2D eigenvalue weighted by atomic mass is 10.2. The highest BCUT2D eigenvalue weighted by Gasteiger charge is 2.19. The van der Waals surface area contributed by atoms with Crippen molar-refractivity contribution in [1.82, 2.24) is 24.9 Å². The Morgan fingerprint density at radius 3 is 2.71 bits per heavy atom. The third kappa shape index (κ3) is 4.70. The molecular formula is C21H20N6O4. The van der Waals surface area contributed by atoms with Crippen LogP contribution in [0, 0.1) is 0 Å². The molecule has 4 rings (SSSR count). The molecule has 0 aliphatic rings. The molecule has 0 aliphatic heterocycles. The number of carbonyl (C=O) groups is 2. The van der Waals surface area contributed by atoms with Crippen LogP contribution < -0.4 is 10.6 Å². The Balaban J connectivity index is 1.55. The summed E-state index contributed by atoms with van der Waals surface area (Å²) in [6.45, 7) is 0.00682. The summed E-state index contributed by atoms with van der Waals surface area (Å²) in [6.07, 6.45) is 4.54. The van der Waals surface area contributed by atoms with E-state index in [1.165, 1.54) is 10.9 Å². The molecule has 10 nitrogen and oxygen atoms in total. The minimum absolute atomic E-state index is 0.0273. The Bertz CT molecular complexity index is 1160. The Morgan fingerprint density at radius 2 is 1.97 bits per heavy atom. The molecule has 2 amide bonds. The van der Waals surface area contributed by atoms with Gasteiger partial charge in [0.15, 0.2) is 5.76 Å². The molecule has 0 saturated heterocycles. The largest absolute Gasteiger partial charge is 0.463 e. The molecule has 10 heteroatoms. The molecule has 0 bridgehead atoms. The van der Waals surface area contributed by atoms with Gasteiger partial charge in [-0.3, -0.25) is 14.3 Å². The summed E-state index contributed by atoms with van der Waals surface area (Å²) in [6, 6.07) is 14.5. The van der Waals surface area contributed by atoms with Crippen molar-refractivity contribution in [2.45, 2.75) is 6.54 Å². The van der Waals surface area contributed by atoms with E-state index in [0.717, 1.165) is 5.69 Å². The number of aliphatic hydroxyl groups is 1. The zero-order valence-corrected chi connectivity index (χ0v) is 16.4. The monoisotopic (exact) mass is 420 g/mol. The summed E-state index contributed by atoms with van der Waals surface area (Å²) < 4.78 is 8.35. The minimum atomic E-state index is -0.390. The molecule has 4 aromatic rings. The second-order valence-electron chi connectivity index (χ2n) is 6.59. The van der Waals surface area contributed by atoms with Crippen molar-refractivity contribution in [3.8, 4) is 17.1 Å². The van der Waals surface area contributed by atoms with Crippen LogP contribution in [-0.4, -0.2) is 49.6 Å². The first-order valence-corrected chi connectivity index (χ1v) is 9.55. The van der Waals surface area contributed by atoms with Gasteiger partial charge in [-0.15, -0.1) is 0 Å². The SMILES string of the molecule is O=C(Cn1cc(NC(=O)c2cc(-c3ccco3)nn2-c2ccccc2)cn1)NCCO. The van der Waals surface area contributed by atoms with E-state index < -0.39 is 5.91 Å². The molecular weight excluding hydrogens is 400 g/mol. The van der Waals surface area contributed by atoms with E-state index in [1.807, 2.05) is 30.3 Å². The summed E-state index contributed by atoms with van der Waals surface area (Å²) in [4.78, 5) is 24.8. The molecule has 0 radical (unpaired) electrons. The van der Waals surface area contributed by atoms with Crippen LogP contribution in [0.1, 0.15) is 10.5 Å². The highest BCUT2D eigenvalue weighted by atomic mass is 16.3. The number of benzene rings is 1. The number of anilines is 1. The summed E-state index contributed by atoms with van der Waals surface area (Å²) >= 11 is 0. The third-order valence-corrected chi connectivity index (χ3v) is 4.35. The van der Waals surface area contributed by atoms with E-state index in [4.69, 9.17) is 9.52 Å². The quantitative estimate of drug-likeness (QED) is 0.398. The second kappa shape index (κ2) is 9.09. The molecule has 3 aromatic heterocycles. The first-order valence-electron chi connectivity index (χ1n) is 9.55. The Labute approximate surface area is 177 Å². The van der Waals surface area contributed by atoms with Gasteiger partial charge in [-0.2, -0.15) is 10.2 Å². The number of aromatic nitrogens is 4. The summed E-state index contributed by atoms with van der Waals surface area (Å²) in [5, 5.41) is 22.7. The lowest BCUT2D eigenvalue weighted by Crippen LogP contribution is -2.30. The van der Waals surface area contributed by atoms with Crippen LogP contribution in [0.3, 0.4) is 0 Å². The standard InChI is InChI=1S/C21H20N6O4/c28-9-8-22-20(29)14-26-13-15(12-23-26)24-21(30)18-11-17(19-7-4-10-31-19)25-27(18)16-5-2-1-3-6-16/h1-7,10-13,28H,8-9,14H2,(H,22,29)(H,24,30). The van der Waals surface area contributed by atoms with Gasteiger partial charge in [-0.05, 0) is 24.3 Å². The van der Waals surface area contributed by atoms with E-state index in [9.17, 15) is 9.59 Å². The van der Waals surface area contributed by atoms with E-state index in [-0.39, 0.29) is 25.6 Å². The van der Waals surface area contributed by atoms with Crippen molar-refractivity contribution in [3.05, 3.63) is 72.9 Å². The second-order valence-corrected chi connectivity index (χ2v) is 6.59. The number of hydrogen-bond donors (Lipinski definition) is 3. The minimum Gasteiger partial charge on any atom is -0.463 e. The van der Waals surface area contributed by atoms with Crippen molar-refractivity contribution in [3.63, 3.8) is 0 Å². The predicted octanol–water partition coefficient (Wildman–Crippen LogP) is 1.69. The molecule has 1 aromatic carbocycles. The van der Waals surface area contributed by atoms with Crippen molar-refractivity contribution in [1.29, 1.82) is 0 Å². The predicted molar refractivity (Wildman–Crippen MR) is 112 cm³/mol. The Morgan fingerprint density at radius 1 is 1.13 bits per heavy atom. The lowest BCUT2D eigenvalue weighted by Gasteiger charge is -2.07. The van der Waals surface area contributed by atoms with Gasteiger partial charge in [0.05, 0.1) is 30.4 Å². The molecule has 31 heavy (non-hydrogen) atoms.